The highest BCUT2D eigenvalue weighted by atomic mass is 16.5. The van der Waals surface area contributed by atoms with Crippen LogP contribution in [0.1, 0.15) is 36.1 Å². The van der Waals surface area contributed by atoms with Crippen molar-refractivity contribution in [2.75, 3.05) is 26.9 Å². The number of benzene rings is 3. The molecule has 0 bridgehead atoms. The zero-order chi connectivity index (χ0) is 26.2. The normalized spacial score (nSPS) is 16.7. The number of methoxy groups -OCH3 is 1. The van der Waals surface area contributed by atoms with Gasteiger partial charge in [-0.05, 0) is 41.8 Å². The third kappa shape index (κ3) is 6.01. The standard InChI is InChI=1S/C30H31NO6/c1-3-17-36-25-11-7-10-23(19-25)28(32)26-27(31(16-18-35-2)30(34)29(26)33)22-12-14-24(15-13-22)37-20-21-8-5-4-6-9-21/h4-15,19,27,32H,3,16-18,20H2,1-2H3/b28-26-. The number of ether oxygens (including phenoxy) is 3. The zero-order valence-electron chi connectivity index (χ0n) is 21.1. The van der Waals surface area contributed by atoms with E-state index in [-0.39, 0.29) is 24.5 Å². The van der Waals surface area contributed by atoms with Crippen LogP contribution in [-0.4, -0.2) is 48.6 Å². The number of carbonyl (C=O) groups is 2. The van der Waals surface area contributed by atoms with Gasteiger partial charge in [0, 0.05) is 19.2 Å². The van der Waals surface area contributed by atoms with Gasteiger partial charge < -0.3 is 24.2 Å². The Morgan fingerprint density at radius 2 is 1.65 bits per heavy atom. The number of Topliss-reactive ketones (excluding diaryl/α,β-unsaturated/α-hetero) is 1. The van der Waals surface area contributed by atoms with Crippen molar-refractivity contribution >= 4 is 17.4 Å². The fraction of sp³-hybridized carbons (Fsp3) is 0.267. The van der Waals surface area contributed by atoms with Crippen molar-refractivity contribution < 1.29 is 28.9 Å². The molecule has 1 N–H and O–H groups in total. The topological polar surface area (TPSA) is 85.3 Å². The predicted octanol–water partition coefficient (Wildman–Crippen LogP) is 5.12. The molecule has 7 nitrogen and oxygen atoms in total. The lowest BCUT2D eigenvalue weighted by atomic mass is 9.95. The molecule has 0 aromatic heterocycles. The highest BCUT2D eigenvalue weighted by molar-refractivity contribution is 6.46. The second kappa shape index (κ2) is 12.2. The SMILES string of the molecule is CCCOc1cccc(/C(O)=C2/C(=O)C(=O)N(CCOC)C2c2ccc(OCc3ccccc3)cc2)c1. The van der Waals surface area contributed by atoms with Gasteiger partial charge >= 0.3 is 0 Å². The summed E-state index contributed by atoms with van der Waals surface area (Å²) in [6.45, 7) is 3.41. The molecular weight excluding hydrogens is 470 g/mol. The largest absolute Gasteiger partial charge is 0.507 e. The van der Waals surface area contributed by atoms with Crippen molar-refractivity contribution in [3.05, 3.63) is 101 Å². The summed E-state index contributed by atoms with van der Waals surface area (Å²) in [4.78, 5) is 27.6. The fourth-order valence-electron chi connectivity index (χ4n) is 4.24. The molecular formula is C30H31NO6. The molecule has 4 rings (SSSR count). The zero-order valence-corrected chi connectivity index (χ0v) is 21.1. The smallest absolute Gasteiger partial charge is 0.295 e. The molecule has 1 unspecified atom stereocenters. The Morgan fingerprint density at radius 1 is 0.892 bits per heavy atom. The molecule has 0 saturated carbocycles. The third-order valence-corrected chi connectivity index (χ3v) is 6.10. The van der Waals surface area contributed by atoms with Crippen molar-refractivity contribution in [3.63, 3.8) is 0 Å². The summed E-state index contributed by atoms with van der Waals surface area (Å²) in [6.07, 6.45) is 0.839. The molecule has 1 aliphatic rings. The number of ketones is 1. The molecule has 1 amide bonds. The number of aliphatic hydroxyl groups excluding tert-OH is 1. The van der Waals surface area contributed by atoms with Gasteiger partial charge in [0.1, 0.15) is 23.9 Å². The maximum Gasteiger partial charge on any atom is 0.295 e. The van der Waals surface area contributed by atoms with Gasteiger partial charge in [0.05, 0.1) is 24.8 Å². The van der Waals surface area contributed by atoms with Crippen molar-refractivity contribution in [2.45, 2.75) is 26.0 Å². The van der Waals surface area contributed by atoms with Crippen molar-refractivity contribution in [3.8, 4) is 11.5 Å². The summed E-state index contributed by atoms with van der Waals surface area (Å²) in [5, 5.41) is 11.3. The predicted molar refractivity (Wildman–Crippen MR) is 140 cm³/mol. The van der Waals surface area contributed by atoms with Gasteiger partial charge in [-0.3, -0.25) is 9.59 Å². The Morgan fingerprint density at radius 3 is 2.35 bits per heavy atom. The molecule has 0 radical (unpaired) electrons. The fourth-order valence-corrected chi connectivity index (χ4v) is 4.24. The van der Waals surface area contributed by atoms with Crippen LogP contribution in [0.15, 0.2) is 84.4 Å². The van der Waals surface area contributed by atoms with Gasteiger partial charge in [-0.25, -0.2) is 0 Å². The minimum absolute atomic E-state index is 0.0340. The second-order valence-corrected chi connectivity index (χ2v) is 8.70. The van der Waals surface area contributed by atoms with Gasteiger partial charge in [-0.1, -0.05) is 61.5 Å². The summed E-state index contributed by atoms with van der Waals surface area (Å²) >= 11 is 0. The molecule has 1 atom stereocenters. The van der Waals surface area contributed by atoms with Crippen LogP contribution in [0.25, 0.3) is 5.76 Å². The quantitative estimate of drug-likeness (QED) is 0.223. The minimum Gasteiger partial charge on any atom is -0.507 e. The lowest BCUT2D eigenvalue weighted by molar-refractivity contribution is -0.140. The second-order valence-electron chi connectivity index (χ2n) is 8.70. The number of nitrogens with zero attached hydrogens (tertiary/aromatic N) is 1. The van der Waals surface area contributed by atoms with Crippen LogP contribution < -0.4 is 9.47 Å². The number of carbonyl (C=O) groups excluding carboxylic acids is 2. The average Bonchev–Trinajstić information content (AvgIpc) is 3.19. The maximum absolute atomic E-state index is 13.2. The maximum atomic E-state index is 13.2. The molecule has 3 aromatic rings. The number of hydrogen-bond donors (Lipinski definition) is 1. The van der Waals surface area contributed by atoms with Gasteiger partial charge in [0.15, 0.2) is 0 Å². The summed E-state index contributed by atoms with van der Waals surface area (Å²) < 4.78 is 16.8. The van der Waals surface area contributed by atoms with Crippen LogP contribution in [0.5, 0.6) is 11.5 Å². The number of rotatable bonds is 11. The van der Waals surface area contributed by atoms with E-state index >= 15 is 0 Å². The van der Waals surface area contributed by atoms with Gasteiger partial charge in [-0.2, -0.15) is 0 Å². The molecule has 3 aromatic carbocycles. The lowest BCUT2D eigenvalue weighted by Crippen LogP contribution is -2.32. The Balaban J connectivity index is 1.67. The van der Waals surface area contributed by atoms with Crippen LogP contribution in [0.2, 0.25) is 0 Å². The number of likely N-dealkylation sites (tertiary alicyclic amines) is 1. The Labute approximate surface area is 216 Å². The molecule has 0 aliphatic carbocycles. The Kier molecular flexibility index (Phi) is 8.59. The first-order valence-electron chi connectivity index (χ1n) is 12.3. The molecule has 1 fully saturated rings. The van der Waals surface area contributed by atoms with Gasteiger partial charge in [0.25, 0.3) is 11.7 Å². The first-order valence-corrected chi connectivity index (χ1v) is 12.3. The van der Waals surface area contributed by atoms with Crippen LogP contribution in [0, 0.1) is 0 Å². The molecule has 192 valence electrons. The van der Waals surface area contributed by atoms with Crippen LogP contribution in [-0.2, 0) is 20.9 Å². The highest BCUT2D eigenvalue weighted by Gasteiger charge is 2.45. The van der Waals surface area contributed by atoms with E-state index in [9.17, 15) is 14.7 Å². The molecule has 0 spiro atoms. The summed E-state index contributed by atoms with van der Waals surface area (Å²) in [5.41, 5.74) is 2.17. The summed E-state index contributed by atoms with van der Waals surface area (Å²) in [5.74, 6) is -0.415. The van der Waals surface area contributed by atoms with E-state index in [1.54, 1.807) is 36.4 Å². The van der Waals surface area contributed by atoms with Crippen molar-refractivity contribution in [2.24, 2.45) is 0 Å². The first-order chi connectivity index (χ1) is 18.0. The average molecular weight is 502 g/mol. The lowest BCUT2D eigenvalue weighted by Gasteiger charge is -2.25. The van der Waals surface area contributed by atoms with E-state index in [4.69, 9.17) is 14.2 Å². The molecule has 37 heavy (non-hydrogen) atoms. The highest BCUT2D eigenvalue weighted by Crippen LogP contribution is 2.40. The number of hydrogen-bond acceptors (Lipinski definition) is 6. The van der Waals surface area contributed by atoms with E-state index in [2.05, 4.69) is 0 Å². The minimum atomic E-state index is -0.765. The van der Waals surface area contributed by atoms with Crippen LogP contribution >= 0.6 is 0 Å². The van der Waals surface area contributed by atoms with E-state index in [1.165, 1.54) is 12.0 Å². The first kappa shape index (κ1) is 26.0. The van der Waals surface area contributed by atoms with E-state index in [1.807, 2.05) is 49.4 Å². The van der Waals surface area contributed by atoms with Crippen LogP contribution in [0.4, 0.5) is 0 Å². The third-order valence-electron chi connectivity index (χ3n) is 6.10. The van der Waals surface area contributed by atoms with Crippen molar-refractivity contribution in [1.82, 2.24) is 4.90 Å². The van der Waals surface area contributed by atoms with Crippen molar-refractivity contribution in [1.29, 1.82) is 0 Å². The molecule has 7 heteroatoms. The molecule has 1 aliphatic heterocycles. The molecule has 1 saturated heterocycles. The van der Waals surface area contributed by atoms with E-state index < -0.39 is 17.7 Å². The number of amides is 1. The number of aliphatic hydroxyl groups is 1. The van der Waals surface area contributed by atoms with Gasteiger partial charge in [0.2, 0.25) is 0 Å². The van der Waals surface area contributed by atoms with E-state index in [0.29, 0.717) is 35.8 Å². The van der Waals surface area contributed by atoms with E-state index in [0.717, 1.165) is 12.0 Å². The Hall–Kier alpha value is -4.10. The molecule has 1 heterocycles. The Bertz CT molecular complexity index is 1250. The van der Waals surface area contributed by atoms with Crippen LogP contribution in [0.3, 0.4) is 0 Å². The summed E-state index contributed by atoms with van der Waals surface area (Å²) in [7, 11) is 1.53. The monoisotopic (exact) mass is 501 g/mol. The summed E-state index contributed by atoms with van der Waals surface area (Å²) in [6, 6.07) is 23.2. The van der Waals surface area contributed by atoms with Gasteiger partial charge in [-0.15, -0.1) is 0 Å².